The summed E-state index contributed by atoms with van der Waals surface area (Å²) < 4.78 is 1.94. The number of rotatable bonds is 5. The number of carboxylic acids is 1. The highest BCUT2D eigenvalue weighted by Gasteiger charge is 2.27. The number of aromatic carboxylic acids is 1. The third-order valence-corrected chi connectivity index (χ3v) is 5.37. The van der Waals surface area contributed by atoms with Gasteiger partial charge in [-0.05, 0) is 38.0 Å². The van der Waals surface area contributed by atoms with Crippen LogP contribution in [-0.2, 0) is 4.79 Å². The van der Waals surface area contributed by atoms with Gasteiger partial charge in [-0.25, -0.2) is 4.79 Å². The number of hydrogen-bond acceptors (Lipinski definition) is 5. The molecule has 1 aromatic carbocycles. The molecular formula is C20H23N3O4. The quantitative estimate of drug-likeness (QED) is 0.865. The van der Waals surface area contributed by atoms with Crippen molar-refractivity contribution in [3.05, 3.63) is 40.2 Å². The fourth-order valence-corrected chi connectivity index (χ4v) is 3.83. The van der Waals surface area contributed by atoms with Crippen LogP contribution in [0.5, 0.6) is 0 Å². The number of nitrogens with zero attached hydrogens (tertiary/aromatic N) is 3. The number of hydrogen-bond donors (Lipinski definition) is 1. The van der Waals surface area contributed by atoms with Gasteiger partial charge < -0.3 is 14.6 Å². The van der Waals surface area contributed by atoms with Crippen molar-refractivity contribution in [2.75, 3.05) is 37.6 Å². The number of fused-ring (bicyclic) bond motifs is 1. The summed E-state index contributed by atoms with van der Waals surface area (Å²) in [4.78, 5) is 39.8. The van der Waals surface area contributed by atoms with Gasteiger partial charge in [-0.1, -0.05) is 0 Å². The number of anilines is 1. The van der Waals surface area contributed by atoms with E-state index in [0.29, 0.717) is 11.9 Å². The van der Waals surface area contributed by atoms with Crippen LogP contribution in [-0.4, -0.2) is 59.0 Å². The zero-order valence-electron chi connectivity index (χ0n) is 15.4. The number of carbonyl (C=O) groups is 2. The summed E-state index contributed by atoms with van der Waals surface area (Å²) in [6, 6.07) is 6.04. The van der Waals surface area contributed by atoms with Gasteiger partial charge in [0.15, 0.2) is 0 Å². The van der Waals surface area contributed by atoms with Crippen LogP contribution in [0.1, 0.15) is 36.2 Å². The Kier molecular flexibility index (Phi) is 4.47. The van der Waals surface area contributed by atoms with E-state index in [4.69, 9.17) is 0 Å². The molecular weight excluding hydrogens is 346 g/mol. The predicted molar refractivity (Wildman–Crippen MR) is 103 cm³/mol. The topological polar surface area (TPSA) is 82.8 Å². The molecule has 1 saturated carbocycles. The fourth-order valence-electron chi connectivity index (χ4n) is 3.83. The van der Waals surface area contributed by atoms with Crippen LogP contribution in [0.25, 0.3) is 10.9 Å². The average Bonchev–Trinajstić information content (AvgIpc) is 3.47. The Balaban J connectivity index is 1.68. The molecule has 27 heavy (non-hydrogen) atoms. The summed E-state index contributed by atoms with van der Waals surface area (Å²) in [5.41, 5.74) is 1.13. The van der Waals surface area contributed by atoms with Crippen LogP contribution in [0.2, 0.25) is 0 Å². The summed E-state index contributed by atoms with van der Waals surface area (Å²) in [6.45, 7) is 5.20. The van der Waals surface area contributed by atoms with E-state index in [2.05, 4.69) is 9.80 Å². The second kappa shape index (κ2) is 6.81. The molecule has 2 aliphatic rings. The largest absolute Gasteiger partial charge is 0.477 e. The second-order valence-corrected chi connectivity index (χ2v) is 7.48. The normalized spacial score (nSPS) is 18.0. The first-order chi connectivity index (χ1) is 12.9. The Morgan fingerprint density at radius 1 is 1.15 bits per heavy atom. The van der Waals surface area contributed by atoms with Crippen LogP contribution in [0, 0.1) is 0 Å². The summed E-state index contributed by atoms with van der Waals surface area (Å²) in [7, 11) is 0. The maximum Gasteiger partial charge on any atom is 0.341 e. The lowest BCUT2D eigenvalue weighted by atomic mass is 10.1. The van der Waals surface area contributed by atoms with E-state index in [1.54, 1.807) is 6.92 Å². The van der Waals surface area contributed by atoms with E-state index in [1.165, 1.54) is 6.20 Å². The van der Waals surface area contributed by atoms with Gasteiger partial charge >= 0.3 is 5.97 Å². The molecule has 1 saturated heterocycles. The molecule has 7 heteroatoms. The van der Waals surface area contributed by atoms with Crippen molar-refractivity contribution >= 4 is 28.3 Å². The monoisotopic (exact) mass is 369 g/mol. The number of benzene rings is 1. The molecule has 0 unspecified atom stereocenters. The molecule has 0 radical (unpaired) electrons. The Morgan fingerprint density at radius 3 is 2.44 bits per heavy atom. The van der Waals surface area contributed by atoms with E-state index in [1.807, 2.05) is 22.8 Å². The number of pyridine rings is 1. The van der Waals surface area contributed by atoms with Crippen LogP contribution in [0.15, 0.2) is 29.2 Å². The first-order valence-electron chi connectivity index (χ1n) is 9.33. The summed E-state index contributed by atoms with van der Waals surface area (Å²) in [6.07, 6.45) is 3.51. The fraction of sp³-hybridized carbons (Fsp3) is 0.450. The van der Waals surface area contributed by atoms with Gasteiger partial charge in [-0.3, -0.25) is 14.5 Å². The molecule has 2 aromatic rings. The molecule has 0 atom stereocenters. The lowest BCUT2D eigenvalue weighted by Gasteiger charge is -2.35. The Labute approximate surface area is 156 Å². The van der Waals surface area contributed by atoms with Gasteiger partial charge in [-0.2, -0.15) is 0 Å². The van der Waals surface area contributed by atoms with E-state index in [0.717, 1.165) is 50.2 Å². The Bertz CT molecular complexity index is 969. The Morgan fingerprint density at radius 2 is 1.85 bits per heavy atom. The molecule has 1 N–H and O–H groups in total. The van der Waals surface area contributed by atoms with E-state index in [9.17, 15) is 19.5 Å². The molecule has 4 rings (SSSR count). The minimum atomic E-state index is -1.18. The molecule has 0 spiro atoms. The molecule has 1 aliphatic heterocycles. The number of piperazine rings is 1. The highest BCUT2D eigenvalue weighted by molar-refractivity contribution is 5.93. The van der Waals surface area contributed by atoms with Crippen molar-refractivity contribution in [2.45, 2.75) is 25.8 Å². The number of aromatic nitrogens is 1. The number of carboxylic acid groups (broad SMARTS) is 1. The summed E-state index contributed by atoms with van der Waals surface area (Å²) in [5.74, 6) is -1.02. The van der Waals surface area contributed by atoms with Crippen molar-refractivity contribution in [1.29, 1.82) is 0 Å². The van der Waals surface area contributed by atoms with E-state index in [-0.39, 0.29) is 17.4 Å². The summed E-state index contributed by atoms with van der Waals surface area (Å²) >= 11 is 0. The van der Waals surface area contributed by atoms with E-state index >= 15 is 0 Å². The third kappa shape index (κ3) is 3.47. The van der Waals surface area contributed by atoms with Crippen molar-refractivity contribution in [3.63, 3.8) is 0 Å². The number of ketones is 1. The molecule has 1 aliphatic carbocycles. The maximum absolute atomic E-state index is 12.7. The first kappa shape index (κ1) is 17.7. The third-order valence-electron chi connectivity index (χ3n) is 5.37. The van der Waals surface area contributed by atoms with Crippen LogP contribution in [0.3, 0.4) is 0 Å². The van der Waals surface area contributed by atoms with Gasteiger partial charge in [0.2, 0.25) is 5.43 Å². The minimum absolute atomic E-state index is 0.163. The van der Waals surface area contributed by atoms with Gasteiger partial charge in [0.1, 0.15) is 11.3 Å². The standard InChI is InChI=1S/C20H23N3O4/c1-13(24)11-21-6-8-22(9-7-21)15-4-5-18-16(10-15)19(25)17(20(26)27)12-23(18)14-2-3-14/h4-5,10,12,14H,2-3,6-9,11H2,1H3,(H,26,27). The van der Waals surface area contributed by atoms with Crippen molar-refractivity contribution < 1.29 is 14.7 Å². The maximum atomic E-state index is 12.7. The molecule has 0 amide bonds. The van der Waals surface area contributed by atoms with Crippen molar-refractivity contribution in [2.24, 2.45) is 0 Å². The zero-order chi connectivity index (χ0) is 19.1. The zero-order valence-corrected chi connectivity index (χ0v) is 15.4. The molecule has 0 bridgehead atoms. The van der Waals surface area contributed by atoms with Gasteiger partial charge in [0, 0.05) is 49.5 Å². The molecule has 142 valence electrons. The highest BCUT2D eigenvalue weighted by Crippen LogP contribution is 2.37. The van der Waals surface area contributed by atoms with Gasteiger partial charge in [0.25, 0.3) is 0 Å². The highest BCUT2D eigenvalue weighted by atomic mass is 16.4. The Hall–Kier alpha value is -2.67. The average molecular weight is 369 g/mol. The first-order valence-corrected chi connectivity index (χ1v) is 9.33. The number of Topliss-reactive ketones (excluding diaryl/α,β-unsaturated/α-hetero) is 1. The van der Waals surface area contributed by atoms with Crippen LogP contribution >= 0.6 is 0 Å². The second-order valence-electron chi connectivity index (χ2n) is 7.48. The van der Waals surface area contributed by atoms with Crippen molar-refractivity contribution in [1.82, 2.24) is 9.47 Å². The molecule has 2 heterocycles. The lowest BCUT2D eigenvalue weighted by molar-refractivity contribution is -0.118. The van der Waals surface area contributed by atoms with Gasteiger partial charge in [-0.15, -0.1) is 0 Å². The minimum Gasteiger partial charge on any atom is -0.477 e. The molecule has 1 aromatic heterocycles. The SMILES string of the molecule is CC(=O)CN1CCN(c2ccc3c(c2)c(=O)c(C(=O)O)cn3C2CC2)CC1. The van der Waals surface area contributed by atoms with Crippen LogP contribution < -0.4 is 10.3 Å². The van der Waals surface area contributed by atoms with Crippen molar-refractivity contribution in [3.8, 4) is 0 Å². The molecule has 7 nitrogen and oxygen atoms in total. The molecule has 2 fully saturated rings. The smallest absolute Gasteiger partial charge is 0.341 e. The van der Waals surface area contributed by atoms with Crippen LogP contribution in [0.4, 0.5) is 5.69 Å². The predicted octanol–water partition coefficient (Wildman–Crippen LogP) is 1.75. The number of carbonyl (C=O) groups excluding carboxylic acids is 1. The summed E-state index contributed by atoms with van der Waals surface area (Å²) in [5, 5.41) is 9.88. The van der Waals surface area contributed by atoms with E-state index < -0.39 is 11.4 Å². The lowest BCUT2D eigenvalue weighted by Crippen LogP contribution is -2.47. The van der Waals surface area contributed by atoms with Gasteiger partial charge in [0.05, 0.1) is 12.1 Å².